The smallest absolute Gasteiger partial charge is 0.124 e. The Morgan fingerprint density at radius 3 is 3.06 bits per heavy atom. The van der Waals surface area contributed by atoms with Crippen molar-refractivity contribution < 1.29 is 9.47 Å². The molecule has 0 radical (unpaired) electrons. The van der Waals surface area contributed by atoms with Crippen molar-refractivity contribution >= 4 is 0 Å². The average molecular weight is 247 g/mol. The molecule has 18 heavy (non-hydrogen) atoms. The van der Waals surface area contributed by atoms with Crippen molar-refractivity contribution in [2.45, 2.75) is 25.8 Å². The third-order valence-electron chi connectivity index (χ3n) is 3.92. The first-order valence-electron chi connectivity index (χ1n) is 6.95. The first kappa shape index (κ1) is 12.0. The van der Waals surface area contributed by atoms with Crippen molar-refractivity contribution in [3.8, 4) is 5.75 Å². The highest BCUT2D eigenvalue weighted by molar-refractivity contribution is 5.41. The monoisotopic (exact) mass is 247 g/mol. The Morgan fingerprint density at radius 2 is 2.17 bits per heavy atom. The van der Waals surface area contributed by atoms with E-state index >= 15 is 0 Å². The summed E-state index contributed by atoms with van der Waals surface area (Å²) in [4.78, 5) is 0. The summed E-state index contributed by atoms with van der Waals surface area (Å²) in [6.45, 7) is 4.64. The minimum atomic E-state index is 0.658. The van der Waals surface area contributed by atoms with E-state index in [-0.39, 0.29) is 0 Å². The van der Waals surface area contributed by atoms with Crippen LogP contribution in [0.4, 0.5) is 0 Å². The Morgan fingerprint density at radius 1 is 1.28 bits per heavy atom. The first-order chi connectivity index (χ1) is 8.93. The van der Waals surface area contributed by atoms with Gasteiger partial charge in [0.1, 0.15) is 5.75 Å². The molecule has 0 amide bonds. The van der Waals surface area contributed by atoms with Crippen molar-refractivity contribution in [2.75, 3.05) is 26.4 Å². The van der Waals surface area contributed by atoms with Crippen LogP contribution in [0.1, 0.15) is 24.0 Å². The van der Waals surface area contributed by atoms with E-state index in [0.717, 1.165) is 57.9 Å². The molecule has 0 atom stereocenters. The van der Waals surface area contributed by atoms with E-state index in [2.05, 4.69) is 23.5 Å². The lowest BCUT2D eigenvalue weighted by Crippen LogP contribution is -2.25. The molecule has 2 aliphatic rings. The predicted molar refractivity (Wildman–Crippen MR) is 70.9 cm³/mol. The molecule has 3 rings (SSSR count). The molecule has 2 aliphatic heterocycles. The number of rotatable bonds is 3. The predicted octanol–water partition coefficient (Wildman–Crippen LogP) is 2.14. The van der Waals surface area contributed by atoms with Crippen LogP contribution < -0.4 is 10.1 Å². The zero-order chi connectivity index (χ0) is 12.2. The Kier molecular flexibility index (Phi) is 3.81. The van der Waals surface area contributed by atoms with Crippen LogP contribution in [0.3, 0.4) is 0 Å². The van der Waals surface area contributed by atoms with Crippen LogP contribution in [-0.2, 0) is 17.7 Å². The van der Waals surface area contributed by atoms with Gasteiger partial charge < -0.3 is 14.8 Å². The van der Waals surface area contributed by atoms with Crippen molar-refractivity contribution in [3.05, 3.63) is 29.3 Å². The summed E-state index contributed by atoms with van der Waals surface area (Å²) in [5, 5.41) is 3.42. The lowest BCUT2D eigenvalue weighted by Gasteiger charge is -2.24. The standard InChI is InChI=1S/C15H21NO2/c1-2-13-4-7-16-10-14(13)15(3-1)18-11-12-5-8-17-9-6-12/h1-3,12,16H,4-11H2. The molecule has 0 aliphatic carbocycles. The van der Waals surface area contributed by atoms with Gasteiger partial charge in [0.05, 0.1) is 6.61 Å². The largest absolute Gasteiger partial charge is 0.493 e. The minimum Gasteiger partial charge on any atom is -0.493 e. The lowest BCUT2D eigenvalue weighted by molar-refractivity contribution is 0.0495. The van der Waals surface area contributed by atoms with Gasteiger partial charge in [-0.1, -0.05) is 12.1 Å². The molecule has 3 heteroatoms. The molecule has 1 aromatic rings. The maximum atomic E-state index is 6.05. The second-order valence-corrected chi connectivity index (χ2v) is 5.19. The molecule has 1 aromatic carbocycles. The average Bonchev–Trinajstić information content (AvgIpc) is 2.46. The van der Waals surface area contributed by atoms with Crippen LogP contribution in [0.2, 0.25) is 0 Å². The quantitative estimate of drug-likeness (QED) is 0.887. The maximum Gasteiger partial charge on any atom is 0.124 e. The molecule has 3 nitrogen and oxygen atoms in total. The number of hydrogen-bond donors (Lipinski definition) is 1. The Labute approximate surface area is 108 Å². The summed E-state index contributed by atoms with van der Waals surface area (Å²) in [5.74, 6) is 1.73. The van der Waals surface area contributed by atoms with Crippen LogP contribution in [0.25, 0.3) is 0 Å². The van der Waals surface area contributed by atoms with Gasteiger partial charge >= 0.3 is 0 Å². The number of fused-ring (bicyclic) bond motifs is 1. The number of ether oxygens (including phenoxy) is 2. The van der Waals surface area contributed by atoms with E-state index in [1.54, 1.807) is 0 Å². The first-order valence-corrected chi connectivity index (χ1v) is 6.95. The highest BCUT2D eigenvalue weighted by Crippen LogP contribution is 2.26. The SMILES string of the molecule is c1cc2c(c(OCC3CCOCC3)c1)CNCC2. The summed E-state index contributed by atoms with van der Waals surface area (Å²) < 4.78 is 11.4. The fourth-order valence-corrected chi connectivity index (χ4v) is 2.74. The zero-order valence-corrected chi connectivity index (χ0v) is 10.8. The summed E-state index contributed by atoms with van der Waals surface area (Å²) in [6.07, 6.45) is 3.38. The van der Waals surface area contributed by atoms with Gasteiger partial charge in [-0.15, -0.1) is 0 Å². The highest BCUT2D eigenvalue weighted by atomic mass is 16.5. The fraction of sp³-hybridized carbons (Fsp3) is 0.600. The molecule has 0 unspecified atom stereocenters. The molecule has 0 aromatic heterocycles. The normalized spacial score (nSPS) is 20.4. The Bertz CT molecular complexity index is 399. The second-order valence-electron chi connectivity index (χ2n) is 5.19. The van der Waals surface area contributed by atoms with Gasteiger partial charge in [0.2, 0.25) is 0 Å². The van der Waals surface area contributed by atoms with Crippen LogP contribution in [0.5, 0.6) is 5.75 Å². The van der Waals surface area contributed by atoms with Gasteiger partial charge in [-0.25, -0.2) is 0 Å². The Balaban J connectivity index is 1.65. The van der Waals surface area contributed by atoms with Crippen molar-refractivity contribution in [1.82, 2.24) is 5.32 Å². The molecule has 2 heterocycles. The van der Waals surface area contributed by atoms with Gasteiger partial charge in [0, 0.05) is 25.3 Å². The molecule has 1 saturated heterocycles. The van der Waals surface area contributed by atoms with Gasteiger partial charge in [-0.2, -0.15) is 0 Å². The summed E-state index contributed by atoms with van der Waals surface area (Å²) in [5.41, 5.74) is 2.80. The van der Waals surface area contributed by atoms with Crippen LogP contribution in [0.15, 0.2) is 18.2 Å². The van der Waals surface area contributed by atoms with E-state index in [4.69, 9.17) is 9.47 Å². The Hall–Kier alpha value is -1.06. The summed E-state index contributed by atoms with van der Waals surface area (Å²) >= 11 is 0. The molecule has 0 saturated carbocycles. The van der Waals surface area contributed by atoms with Crippen molar-refractivity contribution in [1.29, 1.82) is 0 Å². The third-order valence-corrected chi connectivity index (χ3v) is 3.92. The van der Waals surface area contributed by atoms with Crippen LogP contribution >= 0.6 is 0 Å². The molecular weight excluding hydrogens is 226 g/mol. The van der Waals surface area contributed by atoms with Crippen LogP contribution in [-0.4, -0.2) is 26.4 Å². The topological polar surface area (TPSA) is 30.5 Å². The molecule has 0 spiro atoms. The van der Waals surface area contributed by atoms with Gasteiger partial charge in [0.15, 0.2) is 0 Å². The van der Waals surface area contributed by atoms with Gasteiger partial charge in [-0.3, -0.25) is 0 Å². The number of nitrogens with one attached hydrogen (secondary N) is 1. The van der Waals surface area contributed by atoms with Gasteiger partial charge in [0.25, 0.3) is 0 Å². The number of benzene rings is 1. The van der Waals surface area contributed by atoms with Crippen molar-refractivity contribution in [2.24, 2.45) is 5.92 Å². The zero-order valence-electron chi connectivity index (χ0n) is 10.8. The van der Waals surface area contributed by atoms with E-state index in [9.17, 15) is 0 Å². The third kappa shape index (κ3) is 2.68. The molecule has 1 N–H and O–H groups in total. The fourth-order valence-electron chi connectivity index (χ4n) is 2.74. The maximum absolute atomic E-state index is 6.05. The molecule has 0 bridgehead atoms. The second kappa shape index (κ2) is 5.72. The lowest BCUT2D eigenvalue weighted by atomic mass is 9.99. The minimum absolute atomic E-state index is 0.658. The van der Waals surface area contributed by atoms with E-state index in [1.807, 2.05) is 0 Å². The van der Waals surface area contributed by atoms with Crippen LogP contribution in [0, 0.1) is 5.92 Å². The van der Waals surface area contributed by atoms with E-state index < -0.39 is 0 Å². The van der Waals surface area contributed by atoms with E-state index in [1.165, 1.54) is 11.1 Å². The van der Waals surface area contributed by atoms with Crippen molar-refractivity contribution in [3.63, 3.8) is 0 Å². The molecule has 1 fully saturated rings. The summed E-state index contributed by atoms with van der Waals surface area (Å²) in [7, 11) is 0. The van der Waals surface area contributed by atoms with Gasteiger partial charge in [-0.05, 0) is 43.4 Å². The molecular formula is C15H21NO2. The highest BCUT2D eigenvalue weighted by Gasteiger charge is 2.17. The molecule has 98 valence electrons. The summed E-state index contributed by atoms with van der Waals surface area (Å²) in [6, 6.07) is 6.44. The number of hydrogen-bond acceptors (Lipinski definition) is 3. The van der Waals surface area contributed by atoms with E-state index in [0.29, 0.717) is 5.92 Å².